The molecule has 0 aromatic carbocycles. The van der Waals surface area contributed by atoms with Gasteiger partial charge in [0.2, 0.25) is 0 Å². The Balaban J connectivity index is 0.000000431. The second-order valence-electron chi connectivity index (χ2n) is 28.5. The SMILES string of the molecule is COC1COC(C(=O)O)[C@@H](O)C1OC.COC1COC(C)[C@@H](O)C1OC.COC1COC(CO)[C@@H](O)C1OC.COC1COC2COC(C)(C)O[C@H]2C1OC.COCC1CC(OC)C(C)[C@@H](OC)O1.COCC1CC(OC)C(C)[C@@H](OC)O1.COCC1CC(OC)C(C)[C@@H](OC)O1.COCC1CC(OC)C(C)[C@@H](OC)O1. The summed E-state index contributed by atoms with van der Waals surface area (Å²) in [7, 11) is 32.6. The van der Waals surface area contributed by atoms with Crippen LogP contribution >= 0.6 is 0 Å². The maximum Gasteiger partial charge on any atom is 0.335 e. The Bertz CT molecular complexity index is 2090. The predicted molar refractivity (Wildman–Crippen MR) is 397 cm³/mol. The topological polar surface area (TPSA) is 395 Å². The van der Waals surface area contributed by atoms with Crippen LogP contribution in [0.4, 0.5) is 0 Å². The van der Waals surface area contributed by atoms with Crippen molar-refractivity contribution in [3.05, 3.63) is 0 Å². The summed E-state index contributed by atoms with van der Waals surface area (Å²) in [6.45, 7) is 18.0. The first-order valence-electron chi connectivity index (χ1n) is 37.7. The highest BCUT2D eigenvalue weighted by molar-refractivity contribution is 5.73. The Labute approximate surface area is 659 Å². The Kier molecular flexibility index (Phi) is 54.3. The summed E-state index contributed by atoms with van der Waals surface area (Å²) in [6.07, 6.45) is -3.52. The van der Waals surface area contributed by atoms with Crippen molar-refractivity contribution < 1.29 is 172 Å². The van der Waals surface area contributed by atoms with E-state index in [9.17, 15) is 20.1 Å². The fourth-order valence-electron chi connectivity index (χ4n) is 14.2. The highest BCUT2D eigenvalue weighted by Gasteiger charge is 2.49. The molecule has 0 bridgehead atoms. The van der Waals surface area contributed by atoms with Gasteiger partial charge >= 0.3 is 5.97 Å². The van der Waals surface area contributed by atoms with Gasteiger partial charge in [-0.05, 0) is 20.8 Å². The van der Waals surface area contributed by atoms with Crippen molar-refractivity contribution in [2.24, 2.45) is 23.7 Å². The molecule has 9 aliphatic heterocycles. The third-order valence-corrected chi connectivity index (χ3v) is 20.9. The Morgan fingerprint density at radius 2 is 0.658 bits per heavy atom. The molecule has 9 saturated heterocycles. The van der Waals surface area contributed by atoms with Gasteiger partial charge in [-0.15, -0.1) is 0 Å². The number of aliphatic carboxylic acids is 1. The summed E-state index contributed by atoms with van der Waals surface area (Å²) >= 11 is 0. The number of methoxy groups -OCH3 is 20. The number of carboxylic acids is 1. The minimum absolute atomic E-state index is 0.0654. The molecule has 0 amide bonds. The first-order valence-corrected chi connectivity index (χ1v) is 37.7. The van der Waals surface area contributed by atoms with Gasteiger partial charge in [-0.1, -0.05) is 27.7 Å². The molecule has 9 aliphatic rings. The van der Waals surface area contributed by atoms with Crippen LogP contribution in [0.5, 0.6) is 0 Å². The molecule has 9 fully saturated rings. The third-order valence-electron chi connectivity index (χ3n) is 20.9. The minimum atomic E-state index is -1.24. The van der Waals surface area contributed by atoms with Crippen molar-refractivity contribution in [1.82, 2.24) is 0 Å². The Morgan fingerprint density at radius 3 is 0.955 bits per heavy atom. The van der Waals surface area contributed by atoms with E-state index >= 15 is 0 Å². The largest absolute Gasteiger partial charge is 0.479 e. The zero-order valence-corrected chi connectivity index (χ0v) is 71.3. The van der Waals surface area contributed by atoms with Crippen LogP contribution < -0.4 is 0 Å². The van der Waals surface area contributed by atoms with Gasteiger partial charge in [-0.3, -0.25) is 0 Å². The van der Waals surface area contributed by atoms with Crippen LogP contribution in [0.3, 0.4) is 0 Å². The molecule has 36 heteroatoms. The van der Waals surface area contributed by atoms with Gasteiger partial charge in [0.25, 0.3) is 0 Å². The number of carbonyl (C=O) groups is 1. The summed E-state index contributed by atoms with van der Waals surface area (Å²) in [4.78, 5) is 10.6. The van der Waals surface area contributed by atoms with Crippen molar-refractivity contribution in [2.45, 2.75) is 252 Å². The van der Waals surface area contributed by atoms with Gasteiger partial charge in [0.15, 0.2) is 37.1 Å². The van der Waals surface area contributed by atoms with Crippen LogP contribution in [0.2, 0.25) is 0 Å². The zero-order chi connectivity index (χ0) is 83.7. The molecule has 0 spiro atoms. The number of rotatable bonds is 26. The highest BCUT2D eigenvalue weighted by atomic mass is 16.7. The van der Waals surface area contributed by atoms with Gasteiger partial charge < -0.3 is 168 Å². The van der Waals surface area contributed by atoms with E-state index in [0.717, 1.165) is 25.7 Å². The second-order valence-corrected chi connectivity index (χ2v) is 28.5. The van der Waals surface area contributed by atoms with Crippen LogP contribution in [-0.2, 0) is 147 Å². The number of fused-ring (bicyclic) bond motifs is 1. The molecule has 32 atom stereocenters. The number of carboxylic acid groups (broad SMARTS) is 1. The lowest BCUT2D eigenvalue weighted by Gasteiger charge is -2.48. The summed E-state index contributed by atoms with van der Waals surface area (Å²) < 4.78 is 159. The Hall–Kier alpha value is -1.89. The Morgan fingerprint density at radius 1 is 0.360 bits per heavy atom. The molecule has 9 heterocycles. The van der Waals surface area contributed by atoms with Crippen LogP contribution in [0.15, 0.2) is 0 Å². The molecule has 0 saturated carbocycles. The van der Waals surface area contributed by atoms with Crippen LogP contribution in [0, 0.1) is 23.7 Å². The fraction of sp³-hybridized carbons (Fsp3) is 0.987. The monoisotopic (exact) mass is 1620 g/mol. The third kappa shape index (κ3) is 33.3. The number of aliphatic hydroxyl groups is 4. The lowest BCUT2D eigenvalue weighted by Crippen LogP contribution is -2.62. The molecule has 0 aromatic rings. The van der Waals surface area contributed by atoms with E-state index in [1.54, 1.807) is 114 Å². The minimum Gasteiger partial charge on any atom is -0.479 e. The molecular formula is C75H146O36. The lowest BCUT2D eigenvalue weighted by atomic mass is 9.95. The fourth-order valence-corrected chi connectivity index (χ4v) is 14.2. The van der Waals surface area contributed by atoms with E-state index in [-0.39, 0.29) is 160 Å². The van der Waals surface area contributed by atoms with Crippen molar-refractivity contribution in [3.63, 3.8) is 0 Å². The van der Waals surface area contributed by atoms with Gasteiger partial charge in [0, 0.05) is 192 Å². The molecule has 24 unspecified atom stereocenters. The summed E-state index contributed by atoms with van der Waals surface area (Å²) in [5.74, 6) is -0.738. The first kappa shape index (κ1) is 105. The van der Waals surface area contributed by atoms with E-state index in [0.29, 0.717) is 52.9 Å². The summed E-state index contributed by atoms with van der Waals surface area (Å²) in [5, 5.41) is 46.4. The van der Waals surface area contributed by atoms with Gasteiger partial charge in [0.1, 0.15) is 85.5 Å². The number of hydrogen-bond acceptors (Lipinski definition) is 35. The van der Waals surface area contributed by atoms with Gasteiger partial charge in [-0.2, -0.15) is 0 Å². The average Bonchev–Trinajstić information content (AvgIpc) is 0.711. The molecule has 111 heavy (non-hydrogen) atoms. The first-order chi connectivity index (χ1) is 53.0. The normalized spacial score (nSPS) is 39.8. The molecule has 0 aromatic heterocycles. The van der Waals surface area contributed by atoms with Crippen molar-refractivity contribution in [2.75, 3.05) is 208 Å². The predicted octanol–water partition coefficient (Wildman–Crippen LogP) is 2.17. The van der Waals surface area contributed by atoms with E-state index < -0.39 is 60.6 Å². The van der Waals surface area contributed by atoms with Crippen LogP contribution in [0.1, 0.15) is 74.1 Å². The number of aliphatic hydroxyl groups excluding tert-OH is 4. The number of hydrogen-bond donors (Lipinski definition) is 5. The quantitative estimate of drug-likeness (QED) is 0.0828. The second kappa shape index (κ2) is 57.3. The highest BCUT2D eigenvalue weighted by Crippen LogP contribution is 2.35. The van der Waals surface area contributed by atoms with Crippen molar-refractivity contribution >= 4 is 5.97 Å². The molecule has 5 N–H and O–H groups in total. The number of ether oxygens (including phenoxy) is 30. The van der Waals surface area contributed by atoms with E-state index in [4.69, 9.17) is 152 Å². The van der Waals surface area contributed by atoms with Gasteiger partial charge in [-0.25, -0.2) is 4.79 Å². The van der Waals surface area contributed by atoms with E-state index in [1.165, 1.54) is 28.4 Å². The molecule has 9 rings (SSSR count). The zero-order valence-electron chi connectivity index (χ0n) is 71.3. The molecule has 0 radical (unpaired) electrons. The summed E-state index contributed by atoms with van der Waals surface area (Å²) in [6, 6.07) is 0. The smallest absolute Gasteiger partial charge is 0.335 e. The van der Waals surface area contributed by atoms with Crippen LogP contribution in [0.25, 0.3) is 0 Å². The van der Waals surface area contributed by atoms with E-state index in [1.807, 2.05) is 20.8 Å². The van der Waals surface area contributed by atoms with Crippen LogP contribution in [-0.4, -0.2) is 417 Å². The standard InChI is InChI=1S/C11H20O5.4C10H20O4.C8H14O6.C8H16O5.C8H16O4/c1-11(2)15-6-8-10(16-11)9(13-4)7(12-3)5-14-8;4*1-7-9(12-3)5-8(6-11-2)14-10(7)13-4;1-12-4-3-14-7(8(10)11)5(9)6(4)13-2;1-11-6-4-13-5(3-9)7(10)8(6)12-2;1-5-7(9)8(11-3)6(10-2)4-12-5/h7-10H,5-6H2,1-4H3;4*7-10H,5-6H2,1-4H3;4-7,9H,3H2,1-2H3,(H,10,11);5-10H,3-4H2,1-2H3;5-9H,4H2,1-3H3/t5*7?,8?,9?,10-;4?,5-,6?,7?;2*5?,6?,7-,8?/m10000011/s1. The van der Waals surface area contributed by atoms with Gasteiger partial charge in [0.05, 0.1) is 121 Å². The summed E-state index contributed by atoms with van der Waals surface area (Å²) in [5.41, 5.74) is 0. The molecular weight excluding hydrogens is 1480 g/mol. The average molecular weight is 1620 g/mol. The van der Waals surface area contributed by atoms with E-state index in [2.05, 4.69) is 27.7 Å². The molecule has 0 aliphatic carbocycles. The van der Waals surface area contributed by atoms with Crippen molar-refractivity contribution in [1.29, 1.82) is 0 Å². The maximum absolute atomic E-state index is 10.6. The molecule has 36 nitrogen and oxygen atoms in total. The van der Waals surface area contributed by atoms with Crippen molar-refractivity contribution in [3.8, 4) is 0 Å². The molecule has 662 valence electrons. The maximum atomic E-state index is 10.6. The lowest BCUT2D eigenvalue weighted by molar-refractivity contribution is -0.350.